The van der Waals surface area contributed by atoms with Crippen LogP contribution in [0, 0.1) is 23.2 Å². The molecule has 0 aromatic carbocycles. The van der Waals surface area contributed by atoms with E-state index in [9.17, 15) is 0 Å². The molecule has 2 fully saturated rings. The molecule has 0 saturated heterocycles. The highest BCUT2D eigenvalue weighted by molar-refractivity contribution is 6.44. The molecule has 0 spiro atoms. The van der Waals surface area contributed by atoms with Crippen LogP contribution in [0.15, 0.2) is 0 Å². The van der Waals surface area contributed by atoms with E-state index in [1.807, 2.05) is 0 Å². The molecular weight excluding hydrogens is 191 g/mol. The Balaban J connectivity index is 2.09. The number of hydrogen-bond donors (Lipinski definition) is 0. The molecule has 0 nitrogen and oxygen atoms in total. The lowest BCUT2D eigenvalue weighted by Gasteiger charge is -2.22. The van der Waals surface area contributed by atoms with Gasteiger partial charge in [-0.25, -0.2) is 0 Å². The Labute approximate surface area is 84.6 Å². The molecule has 0 heterocycles. The quantitative estimate of drug-likeness (QED) is 0.572. The maximum atomic E-state index is 5.97. The lowest BCUT2D eigenvalue weighted by atomic mass is 9.90. The molecular formula is C10H16Cl2. The number of halogens is 2. The van der Waals surface area contributed by atoms with E-state index in [1.54, 1.807) is 0 Å². The number of alkyl halides is 2. The van der Waals surface area contributed by atoms with E-state index in [0.717, 1.165) is 11.8 Å². The maximum Gasteiger partial charge on any atom is 0.110 e. The van der Waals surface area contributed by atoms with Crippen LogP contribution in [0.4, 0.5) is 0 Å². The Hall–Kier alpha value is 0.580. The van der Waals surface area contributed by atoms with Gasteiger partial charge in [-0.1, -0.05) is 20.3 Å². The van der Waals surface area contributed by atoms with Crippen molar-refractivity contribution in [2.75, 3.05) is 0 Å². The van der Waals surface area contributed by atoms with Gasteiger partial charge in [-0.2, -0.15) is 0 Å². The smallest absolute Gasteiger partial charge is 0.105 e. The van der Waals surface area contributed by atoms with Crippen molar-refractivity contribution in [2.45, 2.75) is 37.9 Å². The minimum atomic E-state index is -0.139. The summed E-state index contributed by atoms with van der Waals surface area (Å²) in [6.07, 6.45) is 3.96. The van der Waals surface area contributed by atoms with Crippen LogP contribution in [-0.2, 0) is 0 Å². The van der Waals surface area contributed by atoms with Crippen molar-refractivity contribution in [3.8, 4) is 0 Å². The average Bonchev–Trinajstić information content (AvgIpc) is 2.55. The van der Waals surface area contributed by atoms with E-state index >= 15 is 0 Å². The molecule has 12 heavy (non-hydrogen) atoms. The Morgan fingerprint density at radius 1 is 1.25 bits per heavy atom. The van der Waals surface area contributed by atoms with Crippen molar-refractivity contribution in [2.24, 2.45) is 23.2 Å². The van der Waals surface area contributed by atoms with Crippen LogP contribution in [0.1, 0.15) is 33.1 Å². The van der Waals surface area contributed by atoms with Gasteiger partial charge in [0, 0.05) is 0 Å². The number of rotatable bonds is 1. The highest BCUT2D eigenvalue weighted by Crippen LogP contribution is 2.68. The van der Waals surface area contributed by atoms with Gasteiger partial charge in [-0.05, 0) is 36.0 Å². The van der Waals surface area contributed by atoms with Gasteiger partial charge in [0.1, 0.15) is 4.84 Å². The Morgan fingerprint density at radius 3 is 2.42 bits per heavy atom. The highest BCUT2D eigenvalue weighted by atomic mass is 35.5. The first kappa shape index (κ1) is 9.15. The summed E-state index contributed by atoms with van der Waals surface area (Å²) in [5.74, 6) is 2.30. The SMILES string of the molecule is CC1(C)[C@@H]2[C@H](C(Cl)Cl)CCC[C@@H]21. The van der Waals surface area contributed by atoms with Gasteiger partial charge in [0.25, 0.3) is 0 Å². The third-order valence-electron chi connectivity index (χ3n) is 3.98. The summed E-state index contributed by atoms with van der Waals surface area (Å²) in [4.78, 5) is -0.139. The average molecular weight is 207 g/mol. The van der Waals surface area contributed by atoms with Gasteiger partial charge >= 0.3 is 0 Å². The van der Waals surface area contributed by atoms with Crippen LogP contribution in [-0.4, -0.2) is 4.84 Å². The predicted octanol–water partition coefficient (Wildman–Crippen LogP) is 3.86. The molecule has 2 aliphatic rings. The van der Waals surface area contributed by atoms with Gasteiger partial charge in [0.05, 0.1) is 0 Å². The van der Waals surface area contributed by atoms with Crippen molar-refractivity contribution in [1.29, 1.82) is 0 Å². The molecule has 0 amide bonds. The molecule has 0 unspecified atom stereocenters. The molecule has 0 radical (unpaired) electrons. The third-order valence-corrected chi connectivity index (χ3v) is 4.62. The second-order valence-corrected chi connectivity index (χ2v) is 6.05. The van der Waals surface area contributed by atoms with Gasteiger partial charge in [-0.3, -0.25) is 0 Å². The molecule has 70 valence electrons. The van der Waals surface area contributed by atoms with Crippen LogP contribution in [0.3, 0.4) is 0 Å². The summed E-state index contributed by atoms with van der Waals surface area (Å²) in [6, 6.07) is 0. The Kier molecular flexibility index (Phi) is 2.12. The first-order chi connectivity index (χ1) is 5.55. The number of fused-ring (bicyclic) bond motifs is 1. The largest absolute Gasteiger partial charge is 0.110 e. The second kappa shape index (κ2) is 2.78. The molecule has 2 heteroatoms. The standard InChI is InChI=1S/C10H16Cl2/c1-10(2)7-5-3-4-6(8(7)10)9(11)12/h6-9H,3-5H2,1-2H3/t6-,7+,8-/m1/s1. The first-order valence-corrected chi connectivity index (χ1v) is 5.70. The fourth-order valence-corrected chi connectivity index (χ4v) is 3.79. The zero-order valence-corrected chi connectivity index (χ0v) is 9.20. The Bertz CT molecular complexity index is 186. The lowest BCUT2D eigenvalue weighted by Crippen LogP contribution is -2.17. The normalized spacial score (nSPS) is 44.2. The van der Waals surface area contributed by atoms with Crippen LogP contribution >= 0.6 is 23.2 Å². The van der Waals surface area contributed by atoms with Crippen molar-refractivity contribution >= 4 is 23.2 Å². The summed E-state index contributed by atoms with van der Waals surface area (Å²) in [7, 11) is 0. The molecule has 0 N–H and O–H groups in total. The number of hydrogen-bond acceptors (Lipinski definition) is 0. The first-order valence-electron chi connectivity index (χ1n) is 4.83. The maximum absolute atomic E-state index is 5.97. The molecule has 0 aromatic rings. The molecule has 2 aliphatic carbocycles. The monoisotopic (exact) mass is 206 g/mol. The summed E-state index contributed by atoms with van der Waals surface area (Å²) in [5.41, 5.74) is 0.531. The molecule has 0 aromatic heterocycles. The van der Waals surface area contributed by atoms with Crippen LogP contribution in [0.2, 0.25) is 0 Å². The van der Waals surface area contributed by atoms with Crippen molar-refractivity contribution in [3.05, 3.63) is 0 Å². The van der Waals surface area contributed by atoms with Crippen LogP contribution < -0.4 is 0 Å². The lowest BCUT2D eigenvalue weighted by molar-refractivity contribution is 0.345. The van der Waals surface area contributed by atoms with Gasteiger partial charge in [-0.15, -0.1) is 23.2 Å². The van der Waals surface area contributed by atoms with Gasteiger partial charge in [0.2, 0.25) is 0 Å². The zero-order chi connectivity index (χ0) is 8.93. The minimum Gasteiger partial charge on any atom is -0.105 e. The minimum absolute atomic E-state index is 0.139. The Morgan fingerprint density at radius 2 is 1.92 bits per heavy atom. The molecule has 0 aliphatic heterocycles. The van der Waals surface area contributed by atoms with E-state index < -0.39 is 0 Å². The molecule has 3 atom stereocenters. The summed E-state index contributed by atoms with van der Waals surface area (Å²) in [6.45, 7) is 4.72. The fraction of sp³-hybridized carbons (Fsp3) is 1.00. The van der Waals surface area contributed by atoms with Crippen molar-refractivity contribution in [1.82, 2.24) is 0 Å². The van der Waals surface area contributed by atoms with Crippen molar-refractivity contribution in [3.63, 3.8) is 0 Å². The van der Waals surface area contributed by atoms with E-state index in [-0.39, 0.29) is 4.84 Å². The summed E-state index contributed by atoms with van der Waals surface area (Å²) >= 11 is 11.9. The molecule has 2 saturated carbocycles. The topological polar surface area (TPSA) is 0 Å². The predicted molar refractivity (Wildman–Crippen MR) is 53.6 cm³/mol. The molecule has 2 rings (SSSR count). The van der Waals surface area contributed by atoms with Crippen molar-refractivity contribution < 1.29 is 0 Å². The summed E-state index contributed by atoms with van der Waals surface area (Å²) < 4.78 is 0. The van der Waals surface area contributed by atoms with Gasteiger partial charge in [0.15, 0.2) is 0 Å². The van der Waals surface area contributed by atoms with E-state index in [4.69, 9.17) is 23.2 Å². The van der Waals surface area contributed by atoms with E-state index in [0.29, 0.717) is 11.3 Å². The van der Waals surface area contributed by atoms with Crippen LogP contribution in [0.25, 0.3) is 0 Å². The van der Waals surface area contributed by atoms with Crippen LogP contribution in [0.5, 0.6) is 0 Å². The highest BCUT2D eigenvalue weighted by Gasteiger charge is 2.62. The van der Waals surface area contributed by atoms with E-state index in [2.05, 4.69) is 13.8 Å². The fourth-order valence-electron chi connectivity index (χ4n) is 3.22. The summed E-state index contributed by atoms with van der Waals surface area (Å²) in [5, 5.41) is 0. The van der Waals surface area contributed by atoms with Gasteiger partial charge < -0.3 is 0 Å². The molecule has 0 bridgehead atoms. The zero-order valence-electron chi connectivity index (χ0n) is 7.69. The third kappa shape index (κ3) is 1.19. The second-order valence-electron chi connectivity index (χ2n) is 4.88. The van der Waals surface area contributed by atoms with E-state index in [1.165, 1.54) is 19.3 Å².